The van der Waals surface area contributed by atoms with Gasteiger partial charge in [-0.2, -0.15) is 4.98 Å². The smallest absolute Gasteiger partial charge is 0.224 e. The molecule has 1 fully saturated rings. The fraction of sp³-hybridized carbons (Fsp3) is 0.294. The number of hydrogen-bond donors (Lipinski definition) is 1. The zero-order valence-corrected chi connectivity index (χ0v) is 15.1. The third-order valence-electron chi connectivity index (χ3n) is 4.20. The van der Waals surface area contributed by atoms with E-state index < -0.39 is 0 Å². The molecule has 0 saturated heterocycles. The van der Waals surface area contributed by atoms with Crippen molar-refractivity contribution >= 4 is 39.8 Å². The summed E-state index contributed by atoms with van der Waals surface area (Å²) < 4.78 is 2.24. The highest BCUT2D eigenvalue weighted by Crippen LogP contribution is 2.41. The molecule has 126 valence electrons. The molecule has 1 saturated carbocycles. The van der Waals surface area contributed by atoms with Crippen molar-refractivity contribution in [2.45, 2.75) is 25.3 Å². The molecule has 6 nitrogen and oxygen atoms in total. The second kappa shape index (κ2) is 6.20. The van der Waals surface area contributed by atoms with Crippen molar-refractivity contribution in [2.75, 3.05) is 11.9 Å². The summed E-state index contributed by atoms with van der Waals surface area (Å²) in [6, 6.07) is 4.72. The zero-order valence-electron chi connectivity index (χ0n) is 13.4. The lowest BCUT2D eigenvalue weighted by molar-refractivity contribution is 0.765. The summed E-state index contributed by atoms with van der Waals surface area (Å²) in [4.78, 5) is 19.7. The molecule has 4 aromatic rings. The van der Waals surface area contributed by atoms with E-state index in [1.165, 1.54) is 17.7 Å². The Morgan fingerprint density at radius 1 is 1.16 bits per heavy atom. The minimum Gasteiger partial charge on any atom is -0.354 e. The Bertz CT molecular complexity index is 986. The first kappa shape index (κ1) is 15.0. The van der Waals surface area contributed by atoms with Gasteiger partial charge in [-0.15, -0.1) is 22.7 Å². The van der Waals surface area contributed by atoms with Crippen molar-refractivity contribution in [2.24, 2.45) is 0 Å². The molecule has 4 aromatic heterocycles. The summed E-state index contributed by atoms with van der Waals surface area (Å²) >= 11 is 3.39. The topological polar surface area (TPSA) is 68.5 Å². The molecule has 8 heteroatoms. The molecule has 0 unspecified atom stereocenters. The highest BCUT2D eigenvalue weighted by atomic mass is 32.1. The summed E-state index contributed by atoms with van der Waals surface area (Å²) in [5.74, 6) is 1.58. The van der Waals surface area contributed by atoms with Gasteiger partial charge in [-0.1, -0.05) is 6.07 Å². The molecule has 0 radical (unpaired) electrons. The van der Waals surface area contributed by atoms with E-state index in [1.54, 1.807) is 22.7 Å². The van der Waals surface area contributed by atoms with Gasteiger partial charge >= 0.3 is 0 Å². The van der Waals surface area contributed by atoms with Crippen molar-refractivity contribution in [1.82, 2.24) is 24.5 Å². The van der Waals surface area contributed by atoms with Crippen molar-refractivity contribution in [1.29, 1.82) is 0 Å². The second-order valence-electron chi connectivity index (χ2n) is 6.03. The van der Waals surface area contributed by atoms with Crippen LogP contribution in [0.5, 0.6) is 0 Å². The Hall–Kier alpha value is -2.32. The number of nitrogens with one attached hydrogen (secondary N) is 1. The highest BCUT2D eigenvalue weighted by molar-refractivity contribution is 7.13. The largest absolute Gasteiger partial charge is 0.354 e. The molecular formula is C17H16N6S2. The van der Waals surface area contributed by atoms with E-state index in [-0.39, 0.29) is 0 Å². The number of thiophene rings is 1. The van der Waals surface area contributed by atoms with E-state index in [4.69, 9.17) is 9.97 Å². The Labute approximate surface area is 152 Å². The van der Waals surface area contributed by atoms with Crippen LogP contribution in [0.15, 0.2) is 35.3 Å². The van der Waals surface area contributed by atoms with Crippen LogP contribution in [0.3, 0.4) is 0 Å². The van der Waals surface area contributed by atoms with Crippen LogP contribution in [0.1, 0.15) is 23.8 Å². The fourth-order valence-electron chi connectivity index (χ4n) is 2.89. The van der Waals surface area contributed by atoms with E-state index in [2.05, 4.69) is 37.4 Å². The minimum absolute atomic E-state index is 0.484. The van der Waals surface area contributed by atoms with Gasteiger partial charge in [-0.3, -0.25) is 0 Å². The molecule has 25 heavy (non-hydrogen) atoms. The molecule has 0 aromatic carbocycles. The van der Waals surface area contributed by atoms with Crippen LogP contribution in [0.4, 0.5) is 5.95 Å². The average molecular weight is 368 g/mol. The van der Waals surface area contributed by atoms with Crippen molar-refractivity contribution in [3.8, 4) is 10.8 Å². The first-order valence-electron chi connectivity index (χ1n) is 8.29. The van der Waals surface area contributed by atoms with Gasteiger partial charge in [-0.25, -0.2) is 15.0 Å². The molecule has 0 atom stereocenters. The van der Waals surface area contributed by atoms with E-state index >= 15 is 0 Å². The highest BCUT2D eigenvalue weighted by Gasteiger charge is 2.30. The maximum atomic E-state index is 4.74. The normalized spacial score (nSPS) is 14.2. The first-order chi connectivity index (χ1) is 12.4. The van der Waals surface area contributed by atoms with E-state index in [9.17, 15) is 0 Å². The Morgan fingerprint density at radius 2 is 2.12 bits per heavy atom. The van der Waals surface area contributed by atoms with Crippen LogP contribution >= 0.6 is 22.7 Å². The number of hydrogen-bond acceptors (Lipinski definition) is 7. The number of fused-ring (bicyclic) bond motifs is 1. The van der Waals surface area contributed by atoms with E-state index in [0.717, 1.165) is 35.0 Å². The minimum atomic E-state index is 0.484. The van der Waals surface area contributed by atoms with Gasteiger partial charge in [0.1, 0.15) is 5.52 Å². The lowest BCUT2D eigenvalue weighted by Crippen LogP contribution is -2.08. The molecule has 1 aliphatic carbocycles. The third-order valence-corrected chi connectivity index (χ3v) is 5.91. The lowest BCUT2D eigenvalue weighted by Gasteiger charge is -2.06. The zero-order chi connectivity index (χ0) is 16.6. The molecule has 1 aliphatic rings. The molecule has 4 heterocycles. The quantitative estimate of drug-likeness (QED) is 0.557. The first-order valence-corrected chi connectivity index (χ1v) is 10.1. The average Bonchev–Trinajstić information content (AvgIpc) is 3.08. The maximum Gasteiger partial charge on any atom is 0.224 e. The molecule has 1 N–H and O–H groups in total. The monoisotopic (exact) mass is 368 g/mol. The predicted molar refractivity (Wildman–Crippen MR) is 101 cm³/mol. The van der Waals surface area contributed by atoms with Crippen LogP contribution < -0.4 is 5.32 Å². The SMILES string of the molecule is c1csc(CCNc2ncc3nc(-c4nccs4)n(C4CC4)c3n2)c1. The molecule has 5 rings (SSSR count). The predicted octanol–water partition coefficient (Wildman–Crippen LogP) is 4.00. The fourth-order valence-corrected chi connectivity index (χ4v) is 4.22. The number of aromatic nitrogens is 5. The summed E-state index contributed by atoms with van der Waals surface area (Å²) in [5.41, 5.74) is 1.74. The Balaban J connectivity index is 1.45. The van der Waals surface area contributed by atoms with Crippen molar-refractivity contribution in [3.05, 3.63) is 40.2 Å². The Kier molecular flexibility index (Phi) is 3.71. The van der Waals surface area contributed by atoms with Crippen LogP contribution in [0.25, 0.3) is 22.0 Å². The van der Waals surface area contributed by atoms with E-state index in [1.807, 2.05) is 17.8 Å². The van der Waals surface area contributed by atoms with Crippen LogP contribution in [-0.2, 0) is 6.42 Å². The van der Waals surface area contributed by atoms with Gasteiger partial charge in [0.15, 0.2) is 16.5 Å². The van der Waals surface area contributed by atoms with Gasteiger partial charge in [0.2, 0.25) is 5.95 Å². The standard InChI is InChI=1S/C17H16N6S2/c1-2-12(24-8-1)5-6-19-17-20-10-13-14(22-17)23(11-3-4-11)15(21-13)16-18-7-9-25-16/h1-2,7-11H,3-6H2,(H,19,20,22). The number of thiazole rings is 1. The maximum absolute atomic E-state index is 4.74. The van der Waals surface area contributed by atoms with Crippen LogP contribution in [-0.4, -0.2) is 31.0 Å². The van der Waals surface area contributed by atoms with Gasteiger partial charge in [0.05, 0.1) is 6.20 Å². The van der Waals surface area contributed by atoms with Gasteiger partial charge in [-0.05, 0) is 30.7 Å². The summed E-state index contributed by atoms with van der Waals surface area (Å²) in [6.07, 6.45) is 6.96. The van der Waals surface area contributed by atoms with E-state index in [0.29, 0.717) is 12.0 Å². The van der Waals surface area contributed by atoms with Gasteiger partial charge in [0, 0.05) is 29.0 Å². The molecule has 0 bridgehead atoms. The van der Waals surface area contributed by atoms with Crippen molar-refractivity contribution in [3.63, 3.8) is 0 Å². The molecule has 0 aliphatic heterocycles. The lowest BCUT2D eigenvalue weighted by atomic mass is 10.3. The number of anilines is 1. The Morgan fingerprint density at radius 3 is 2.88 bits per heavy atom. The number of imidazole rings is 1. The molecule has 0 amide bonds. The van der Waals surface area contributed by atoms with Gasteiger partial charge in [0.25, 0.3) is 0 Å². The molecular weight excluding hydrogens is 352 g/mol. The summed E-state index contributed by atoms with van der Waals surface area (Å²) in [6.45, 7) is 0.822. The van der Waals surface area contributed by atoms with Gasteiger partial charge < -0.3 is 9.88 Å². The second-order valence-corrected chi connectivity index (χ2v) is 7.96. The van der Waals surface area contributed by atoms with Crippen LogP contribution in [0, 0.1) is 0 Å². The third kappa shape index (κ3) is 2.91. The summed E-state index contributed by atoms with van der Waals surface area (Å²) in [5, 5.41) is 8.36. The number of nitrogens with zero attached hydrogens (tertiary/aromatic N) is 5. The van der Waals surface area contributed by atoms with Crippen LogP contribution in [0.2, 0.25) is 0 Å². The number of rotatable bonds is 6. The van der Waals surface area contributed by atoms with Crippen molar-refractivity contribution < 1.29 is 0 Å². The summed E-state index contributed by atoms with van der Waals surface area (Å²) in [7, 11) is 0. The molecule has 0 spiro atoms.